The SMILES string of the molecule is Cc1cc(Cl)cc2c(=O)c(Cl)c(C(F)(F)F)[nH]c12. The van der Waals surface area contributed by atoms with Gasteiger partial charge in [-0.05, 0) is 24.6 Å². The number of nitrogens with one attached hydrogen (secondary N) is 1. The molecule has 1 N–H and O–H groups in total. The van der Waals surface area contributed by atoms with Crippen LogP contribution in [-0.2, 0) is 6.18 Å². The Labute approximate surface area is 109 Å². The second-order valence-corrected chi connectivity index (χ2v) is 4.60. The summed E-state index contributed by atoms with van der Waals surface area (Å²) in [5, 5.41) is -0.573. The lowest BCUT2D eigenvalue weighted by molar-refractivity contribution is -0.140. The van der Waals surface area contributed by atoms with Crippen LogP contribution in [0.15, 0.2) is 16.9 Å². The number of fused-ring (bicyclic) bond motifs is 1. The van der Waals surface area contributed by atoms with Gasteiger partial charge in [0.15, 0.2) is 0 Å². The molecule has 0 aliphatic heterocycles. The van der Waals surface area contributed by atoms with Crippen LogP contribution in [-0.4, -0.2) is 4.98 Å². The van der Waals surface area contributed by atoms with E-state index in [1.807, 2.05) is 0 Å². The molecule has 2 aromatic rings. The van der Waals surface area contributed by atoms with Crippen molar-refractivity contribution in [1.82, 2.24) is 4.98 Å². The average molecular weight is 296 g/mol. The first kappa shape index (κ1) is 13.2. The topological polar surface area (TPSA) is 32.9 Å². The number of H-pyrrole nitrogens is 1. The number of benzene rings is 1. The molecule has 0 atom stereocenters. The molecule has 0 aliphatic rings. The molecule has 0 unspecified atom stereocenters. The molecule has 1 aromatic carbocycles. The normalized spacial score (nSPS) is 12.1. The van der Waals surface area contributed by atoms with E-state index < -0.39 is 22.3 Å². The third kappa shape index (κ3) is 2.08. The lowest BCUT2D eigenvalue weighted by atomic mass is 10.1. The molecule has 0 fully saturated rings. The smallest absolute Gasteiger partial charge is 0.349 e. The largest absolute Gasteiger partial charge is 0.432 e. The van der Waals surface area contributed by atoms with Crippen molar-refractivity contribution in [3.8, 4) is 0 Å². The lowest BCUT2D eigenvalue weighted by Crippen LogP contribution is -2.16. The molecule has 2 nitrogen and oxygen atoms in total. The monoisotopic (exact) mass is 295 g/mol. The van der Waals surface area contributed by atoms with E-state index in [1.54, 1.807) is 6.92 Å². The first-order chi connectivity index (χ1) is 8.21. The molecule has 0 radical (unpaired) electrons. The van der Waals surface area contributed by atoms with Crippen LogP contribution in [0, 0.1) is 6.92 Å². The van der Waals surface area contributed by atoms with Gasteiger partial charge in [-0.2, -0.15) is 13.2 Å². The van der Waals surface area contributed by atoms with Crippen molar-refractivity contribution in [2.45, 2.75) is 13.1 Å². The van der Waals surface area contributed by atoms with Crippen molar-refractivity contribution in [3.63, 3.8) is 0 Å². The van der Waals surface area contributed by atoms with E-state index in [4.69, 9.17) is 23.2 Å². The molecule has 2 rings (SSSR count). The van der Waals surface area contributed by atoms with E-state index in [1.165, 1.54) is 12.1 Å². The highest BCUT2D eigenvalue weighted by Gasteiger charge is 2.36. The molecule has 1 heterocycles. The van der Waals surface area contributed by atoms with Crippen molar-refractivity contribution in [2.24, 2.45) is 0 Å². The number of aromatic amines is 1. The van der Waals surface area contributed by atoms with Crippen LogP contribution in [0.4, 0.5) is 13.2 Å². The van der Waals surface area contributed by atoms with Gasteiger partial charge in [-0.1, -0.05) is 23.2 Å². The van der Waals surface area contributed by atoms with Crippen molar-refractivity contribution in [2.75, 3.05) is 0 Å². The second-order valence-electron chi connectivity index (χ2n) is 3.79. The van der Waals surface area contributed by atoms with E-state index in [-0.39, 0.29) is 15.9 Å². The van der Waals surface area contributed by atoms with E-state index in [9.17, 15) is 18.0 Å². The van der Waals surface area contributed by atoms with E-state index >= 15 is 0 Å². The van der Waals surface area contributed by atoms with Crippen LogP contribution < -0.4 is 5.43 Å². The Morgan fingerprint density at radius 3 is 2.39 bits per heavy atom. The van der Waals surface area contributed by atoms with Crippen molar-refractivity contribution in [3.05, 3.63) is 43.7 Å². The van der Waals surface area contributed by atoms with Gasteiger partial charge < -0.3 is 4.98 Å². The predicted molar refractivity (Wildman–Crippen MR) is 64.3 cm³/mol. The van der Waals surface area contributed by atoms with Crippen molar-refractivity contribution < 1.29 is 13.2 Å². The maximum atomic E-state index is 12.7. The van der Waals surface area contributed by atoms with Gasteiger partial charge in [-0.3, -0.25) is 4.79 Å². The Bertz CT molecular complexity index is 691. The highest BCUT2D eigenvalue weighted by molar-refractivity contribution is 6.33. The summed E-state index contributed by atoms with van der Waals surface area (Å²) >= 11 is 11.2. The molecule has 0 bridgehead atoms. The molecule has 96 valence electrons. The Hall–Kier alpha value is -1.20. The highest BCUT2D eigenvalue weighted by atomic mass is 35.5. The summed E-state index contributed by atoms with van der Waals surface area (Å²) in [7, 11) is 0. The maximum absolute atomic E-state index is 12.7. The van der Waals surface area contributed by atoms with Crippen LogP contribution in [0.5, 0.6) is 0 Å². The van der Waals surface area contributed by atoms with E-state index in [0.717, 1.165) is 0 Å². The quantitative estimate of drug-likeness (QED) is 0.778. The average Bonchev–Trinajstić information content (AvgIpc) is 2.22. The molecule has 0 saturated heterocycles. The number of alkyl halides is 3. The summed E-state index contributed by atoms with van der Waals surface area (Å²) in [6, 6.07) is 2.75. The van der Waals surface area contributed by atoms with Crippen LogP contribution >= 0.6 is 23.2 Å². The number of rotatable bonds is 0. The molecular formula is C11H6Cl2F3NO. The van der Waals surface area contributed by atoms with Gasteiger partial charge in [-0.25, -0.2) is 0 Å². The molecule has 0 spiro atoms. The number of halogens is 5. The van der Waals surface area contributed by atoms with Crippen LogP contribution in [0.3, 0.4) is 0 Å². The third-order valence-corrected chi connectivity index (χ3v) is 3.08. The fourth-order valence-corrected chi connectivity index (χ4v) is 2.22. The zero-order valence-corrected chi connectivity index (χ0v) is 10.5. The summed E-state index contributed by atoms with van der Waals surface area (Å²) in [6.45, 7) is 1.55. The highest BCUT2D eigenvalue weighted by Crippen LogP contribution is 2.33. The van der Waals surface area contributed by atoms with Gasteiger partial charge in [0.25, 0.3) is 0 Å². The Morgan fingerprint density at radius 2 is 1.83 bits per heavy atom. The van der Waals surface area contributed by atoms with E-state index in [2.05, 4.69) is 4.98 Å². The molecular weight excluding hydrogens is 290 g/mol. The molecule has 7 heteroatoms. The van der Waals surface area contributed by atoms with Gasteiger partial charge in [0.2, 0.25) is 5.43 Å². The molecule has 18 heavy (non-hydrogen) atoms. The van der Waals surface area contributed by atoms with Gasteiger partial charge >= 0.3 is 6.18 Å². The molecule has 1 aromatic heterocycles. The molecule has 0 amide bonds. The van der Waals surface area contributed by atoms with Crippen LogP contribution in [0.25, 0.3) is 10.9 Å². The Balaban J connectivity index is 2.98. The lowest BCUT2D eigenvalue weighted by Gasteiger charge is -2.11. The second kappa shape index (κ2) is 4.17. The maximum Gasteiger partial charge on any atom is 0.432 e. The number of pyridine rings is 1. The number of hydrogen-bond donors (Lipinski definition) is 1. The first-order valence-electron chi connectivity index (χ1n) is 4.80. The standard InChI is InChI=1S/C11H6Cl2F3NO/c1-4-2-5(12)3-6-8(4)17-10(11(14,15)16)7(13)9(6)18/h2-3H,1H3,(H,17,18). The van der Waals surface area contributed by atoms with Crippen molar-refractivity contribution in [1.29, 1.82) is 0 Å². The summed E-state index contributed by atoms with van der Waals surface area (Å²) < 4.78 is 38.1. The number of aromatic nitrogens is 1. The fourth-order valence-electron chi connectivity index (χ4n) is 1.70. The van der Waals surface area contributed by atoms with Crippen LogP contribution in [0.2, 0.25) is 10.0 Å². The van der Waals surface area contributed by atoms with E-state index in [0.29, 0.717) is 5.56 Å². The minimum atomic E-state index is -4.71. The fraction of sp³-hybridized carbons (Fsp3) is 0.182. The third-order valence-electron chi connectivity index (χ3n) is 2.50. The summed E-state index contributed by atoms with van der Waals surface area (Å²) in [6.07, 6.45) is -4.71. The minimum absolute atomic E-state index is 0.0398. The van der Waals surface area contributed by atoms with Gasteiger partial charge in [0, 0.05) is 10.4 Å². The number of hydrogen-bond acceptors (Lipinski definition) is 1. The molecule has 0 aliphatic carbocycles. The Kier molecular flexibility index (Phi) is 3.07. The summed E-state index contributed by atoms with van der Waals surface area (Å²) in [5.74, 6) is 0. The summed E-state index contributed by atoms with van der Waals surface area (Å²) in [4.78, 5) is 13.9. The first-order valence-corrected chi connectivity index (χ1v) is 5.56. The zero-order valence-electron chi connectivity index (χ0n) is 8.95. The van der Waals surface area contributed by atoms with Gasteiger partial charge in [-0.15, -0.1) is 0 Å². The van der Waals surface area contributed by atoms with Gasteiger partial charge in [0.05, 0.1) is 5.52 Å². The zero-order chi connectivity index (χ0) is 13.7. The van der Waals surface area contributed by atoms with Crippen molar-refractivity contribution >= 4 is 34.1 Å². The number of aryl methyl sites for hydroxylation is 1. The van der Waals surface area contributed by atoms with Gasteiger partial charge in [0.1, 0.15) is 10.7 Å². The predicted octanol–water partition coefficient (Wildman–Crippen LogP) is 4.16. The minimum Gasteiger partial charge on any atom is -0.349 e. The summed E-state index contributed by atoms with van der Waals surface area (Å²) in [5.41, 5.74) is -1.60. The van der Waals surface area contributed by atoms with Crippen LogP contribution in [0.1, 0.15) is 11.3 Å². The Morgan fingerprint density at radius 1 is 1.22 bits per heavy atom. The molecule has 0 saturated carbocycles.